The number of aryl methyl sites for hydroxylation is 1. The number of aromatic nitrogens is 2. The first-order chi connectivity index (χ1) is 10.7. The number of hydrogen-bond donors (Lipinski definition) is 2. The second-order valence-electron chi connectivity index (χ2n) is 7.11. The zero-order chi connectivity index (χ0) is 15.2. The molecule has 4 rings (SSSR count). The minimum atomic E-state index is 0. The number of carbonyl (C=O) groups is 1. The van der Waals surface area contributed by atoms with Crippen molar-refractivity contribution in [2.24, 2.45) is 18.4 Å². The zero-order valence-corrected chi connectivity index (χ0v) is 15.7. The van der Waals surface area contributed by atoms with E-state index >= 15 is 0 Å². The van der Waals surface area contributed by atoms with Gasteiger partial charge in [0.1, 0.15) is 5.82 Å². The minimum absolute atomic E-state index is 0. The summed E-state index contributed by atoms with van der Waals surface area (Å²) in [6, 6.07) is 0.416. The van der Waals surface area contributed by atoms with Crippen LogP contribution in [0.5, 0.6) is 0 Å². The van der Waals surface area contributed by atoms with Crippen LogP contribution in [-0.4, -0.2) is 52.6 Å². The molecule has 2 saturated heterocycles. The van der Waals surface area contributed by atoms with Gasteiger partial charge in [-0.05, 0) is 37.8 Å². The fourth-order valence-corrected chi connectivity index (χ4v) is 3.97. The molecule has 1 aromatic rings. The van der Waals surface area contributed by atoms with Crippen molar-refractivity contribution in [2.75, 3.05) is 26.2 Å². The molecule has 1 amide bonds. The quantitative estimate of drug-likeness (QED) is 0.822. The Labute approximate surface area is 155 Å². The smallest absolute Gasteiger partial charge is 0.228 e. The lowest BCUT2D eigenvalue weighted by molar-refractivity contribution is -0.139. The van der Waals surface area contributed by atoms with Crippen molar-refractivity contribution in [3.8, 4) is 0 Å². The third kappa shape index (κ3) is 3.43. The average molecular weight is 376 g/mol. The number of halogens is 2. The molecule has 1 saturated carbocycles. The third-order valence-electron chi connectivity index (χ3n) is 5.77. The molecule has 1 aromatic heterocycles. The molecule has 3 heterocycles. The maximum atomic E-state index is 12.9. The predicted octanol–water partition coefficient (Wildman–Crippen LogP) is 0.954. The van der Waals surface area contributed by atoms with Gasteiger partial charge in [0.15, 0.2) is 0 Å². The van der Waals surface area contributed by atoms with Crippen molar-refractivity contribution in [1.29, 1.82) is 0 Å². The van der Waals surface area contributed by atoms with Crippen LogP contribution >= 0.6 is 24.8 Å². The Bertz CT molecular complexity index is 569. The van der Waals surface area contributed by atoms with Crippen LogP contribution in [0.3, 0.4) is 0 Å². The summed E-state index contributed by atoms with van der Waals surface area (Å²) in [6.45, 7) is 4.49. The topological polar surface area (TPSA) is 62.2 Å². The molecule has 8 heteroatoms. The van der Waals surface area contributed by atoms with Crippen LogP contribution in [0.4, 0.5) is 0 Å². The van der Waals surface area contributed by atoms with Crippen molar-refractivity contribution >= 4 is 30.7 Å². The monoisotopic (exact) mass is 375 g/mol. The Balaban J connectivity index is 0.00000104. The zero-order valence-electron chi connectivity index (χ0n) is 14.0. The normalized spacial score (nSPS) is 24.5. The molecular formula is C16H27Cl2N5O. The van der Waals surface area contributed by atoms with Crippen LogP contribution in [0.25, 0.3) is 0 Å². The average Bonchev–Trinajstić information content (AvgIpc) is 2.96. The van der Waals surface area contributed by atoms with Crippen molar-refractivity contribution in [1.82, 2.24) is 25.1 Å². The van der Waals surface area contributed by atoms with Crippen LogP contribution in [0.15, 0.2) is 12.4 Å². The number of rotatable bonds is 4. The van der Waals surface area contributed by atoms with E-state index in [1.165, 1.54) is 19.3 Å². The van der Waals surface area contributed by atoms with Gasteiger partial charge in [0.2, 0.25) is 5.91 Å². The highest BCUT2D eigenvalue weighted by molar-refractivity contribution is 5.85. The van der Waals surface area contributed by atoms with Crippen LogP contribution in [0, 0.1) is 11.3 Å². The second kappa shape index (κ2) is 7.60. The van der Waals surface area contributed by atoms with E-state index < -0.39 is 0 Å². The summed E-state index contributed by atoms with van der Waals surface area (Å²) in [4.78, 5) is 19.5. The Morgan fingerprint density at radius 1 is 1.33 bits per heavy atom. The van der Waals surface area contributed by atoms with Gasteiger partial charge in [-0.2, -0.15) is 0 Å². The summed E-state index contributed by atoms with van der Waals surface area (Å²) < 4.78 is 2.02. The van der Waals surface area contributed by atoms with Crippen molar-refractivity contribution in [3.63, 3.8) is 0 Å². The van der Waals surface area contributed by atoms with Gasteiger partial charge in [-0.25, -0.2) is 4.98 Å². The van der Waals surface area contributed by atoms with Gasteiger partial charge >= 0.3 is 0 Å². The van der Waals surface area contributed by atoms with Gasteiger partial charge in [0.25, 0.3) is 0 Å². The van der Waals surface area contributed by atoms with Crippen LogP contribution in [-0.2, 0) is 18.4 Å². The fraction of sp³-hybridized carbons (Fsp3) is 0.750. The SMILES string of the molecule is Cl.Cl.Cn1ccnc1CN(C(=O)C1CNC1)C1CC12CCNCC2. The number of carbonyl (C=O) groups excluding carboxylic acids is 1. The molecule has 1 spiro atoms. The molecule has 1 aliphatic carbocycles. The maximum Gasteiger partial charge on any atom is 0.228 e. The largest absolute Gasteiger partial charge is 0.337 e. The van der Waals surface area contributed by atoms with Crippen molar-refractivity contribution in [3.05, 3.63) is 18.2 Å². The van der Waals surface area contributed by atoms with E-state index in [-0.39, 0.29) is 30.7 Å². The summed E-state index contributed by atoms with van der Waals surface area (Å²) in [6.07, 6.45) is 7.34. The number of nitrogens with zero attached hydrogens (tertiary/aromatic N) is 3. The lowest BCUT2D eigenvalue weighted by Gasteiger charge is -2.35. The lowest BCUT2D eigenvalue weighted by atomic mass is 9.93. The standard InChI is InChI=1S/C16H25N5O.2ClH/c1-20-7-6-19-14(20)11-21(15(22)12-9-18-10-12)13-8-16(13)2-4-17-5-3-16;;/h6-7,12-13,17-18H,2-5,8-11H2,1H3;2*1H. The van der Waals surface area contributed by atoms with Crippen LogP contribution < -0.4 is 10.6 Å². The molecular weight excluding hydrogens is 349 g/mol. The molecule has 3 fully saturated rings. The number of nitrogens with one attached hydrogen (secondary N) is 2. The maximum absolute atomic E-state index is 12.9. The first kappa shape index (κ1) is 19.5. The molecule has 3 aliphatic rings. The predicted molar refractivity (Wildman–Crippen MR) is 97.6 cm³/mol. The van der Waals surface area contributed by atoms with Gasteiger partial charge in [-0.3, -0.25) is 4.79 Å². The van der Waals surface area contributed by atoms with Gasteiger partial charge in [0.05, 0.1) is 12.5 Å². The molecule has 6 nitrogen and oxygen atoms in total. The number of piperidine rings is 1. The van der Waals surface area contributed by atoms with Gasteiger partial charge in [-0.1, -0.05) is 0 Å². The minimum Gasteiger partial charge on any atom is -0.337 e. The molecule has 1 atom stereocenters. The highest BCUT2D eigenvalue weighted by Gasteiger charge is 2.58. The Morgan fingerprint density at radius 3 is 2.58 bits per heavy atom. The highest BCUT2D eigenvalue weighted by Crippen LogP contribution is 2.56. The van der Waals surface area contributed by atoms with Crippen LogP contribution in [0.1, 0.15) is 25.1 Å². The van der Waals surface area contributed by atoms with E-state index in [0.29, 0.717) is 23.9 Å². The van der Waals surface area contributed by atoms with E-state index in [1.807, 2.05) is 24.0 Å². The molecule has 2 aliphatic heterocycles. The summed E-state index contributed by atoms with van der Waals surface area (Å²) in [5, 5.41) is 6.66. The summed E-state index contributed by atoms with van der Waals surface area (Å²) in [5.41, 5.74) is 0.378. The van der Waals surface area contributed by atoms with Crippen molar-refractivity contribution in [2.45, 2.75) is 31.8 Å². The molecule has 0 radical (unpaired) electrons. The fourth-order valence-electron chi connectivity index (χ4n) is 3.97. The van der Waals surface area contributed by atoms with E-state index in [4.69, 9.17) is 0 Å². The summed E-state index contributed by atoms with van der Waals surface area (Å²) >= 11 is 0. The molecule has 0 bridgehead atoms. The lowest BCUT2D eigenvalue weighted by Crippen LogP contribution is -2.53. The number of imidazole rings is 1. The Kier molecular flexibility index (Phi) is 6.18. The van der Waals surface area contributed by atoms with Gasteiger partial charge in [-0.15, -0.1) is 24.8 Å². The van der Waals surface area contributed by atoms with E-state index in [0.717, 1.165) is 32.0 Å². The Morgan fingerprint density at radius 2 is 2.04 bits per heavy atom. The third-order valence-corrected chi connectivity index (χ3v) is 5.77. The number of amides is 1. The summed E-state index contributed by atoms with van der Waals surface area (Å²) in [7, 11) is 2.00. The van der Waals surface area contributed by atoms with E-state index in [2.05, 4.69) is 20.5 Å². The Hall–Kier alpha value is -0.820. The van der Waals surface area contributed by atoms with Crippen LogP contribution in [0.2, 0.25) is 0 Å². The molecule has 24 heavy (non-hydrogen) atoms. The number of hydrogen-bond acceptors (Lipinski definition) is 4. The van der Waals surface area contributed by atoms with E-state index in [9.17, 15) is 4.79 Å². The van der Waals surface area contributed by atoms with Gasteiger partial charge in [0, 0.05) is 38.6 Å². The highest BCUT2D eigenvalue weighted by atomic mass is 35.5. The van der Waals surface area contributed by atoms with Crippen molar-refractivity contribution < 1.29 is 4.79 Å². The molecule has 0 aromatic carbocycles. The van der Waals surface area contributed by atoms with Gasteiger partial charge < -0.3 is 20.1 Å². The molecule has 136 valence electrons. The first-order valence-corrected chi connectivity index (χ1v) is 8.38. The molecule has 1 unspecified atom stereocenters. The summed E-state index contributed by atoms with van der Waals surface area (Å²) in [5.74, 6) is 1.47. The van der Waals surface area contributed by atoms with E-state index in [1.54, 1.807) is 0 Å². The first-order valence-electron chi connectivity index (χ1n) is 8.38. The molecule has 2 N–H and O–H groups in total. The second-order valence-corrected chi connectivity index (χ2v) is 7.11.